The Hall–Kier alpha value is -4.71. The van der Waals surface area contributed by atoms with Gasteiger partial charge in [-0.2, -0.15) is 0 Å². The van der Waals surface area contributed by atoms with E-state index in [-0.39, 0.29) is 23.7 Å². The average Bonchev–Trinajstić information content (AvgIpc) is 3.60. The normalized spacial score (nSPS) is 17.9. The fraction of sp³-hybridized carbons (Fsp3) is 0.154. The molecule has 3 atom stereocenters. The summed E-state index contributed by atoms with van der Waals surface area (Å²) in [5.74, 6) is 1.27. The zero-order chi connectivity index (χ0) is 33.6. The first kappa shape index (κ1) is 32.8. The molecule has 0 radical (unpaired) electrons. The number of ether oxygens (including phenoxy) is 2. The minimum Gasteiger partial charge on any atom is -0.431 e. The number of nitrogens with zero attached hydrogens (tertiary/aromatic N) is 1. The summed E-state index contributed by atoms with van der Waals surface area (Å²) in [6, 6.07) is 42.9. The summed E-state index contributed by atoms with van der Waals surface area (Å²) < 4.78 is 47.7. The largest absolute Gasteiger partial charge is 0.431 e. The predicted octanol–water partition coefficient (Wildman–Crippen LogP) is 8.64. The maximum atomic E-state index is 12.9. The van der Waals surface area contributed by atoms with E-state index in [0.717, 1.165) is 33.5 Å². The minimum atomic E-state index is -3.73. The van der Waals surface area contributed by atoms with Crippen LogP contribution in [0.3, 0.4) is 0 Å². The zero-order valence-corrected chi connectivity index (χ0v) is 28.0. The van der Waals surface area contributed by atoms with Gasteiger partial charge in [0.05, 0.1) is 23.7 Å². The maximum Gasteiger partial charge on any atom is 0.261 e. The lowest BCUT2D eigenvalue weighted by Gasteiger charge is -2.36. The molecule has 3 unspecified atom stereocenters. The number of sulfonamides is 1. The number of hydrogen-bond donors (Lipinski definition) is 2. The molecule has 248 valence electrons. The van der Waals surface area contributed by atoms with E-state index in [4.69, 9.17) is 18.9 Å². The van der Waals surface area contributed by atoms with Crippen molar-refractivity contribution < 1.29 is 27.4 Å². The molecule has 7 rings (SSSR count). The Balaban J connectivity index is 1.12. The number of oxazole rings is 1. The van der Waals surface area contributed by atoms with E-state index >= 15 is 0 Å². The second-order valence-corrected chi connectivity index (χ2v) is 14.2. The molecular formula is C39H34N2O6S2. The van der Waals surface area contributed by atoms with E-state index in [1.165, 1.54) is 11.8 Å². The van der Waals surface area contributed by atoms with Crippen LogP contribution in [0.4, 0.5) is 5.69 Å². The van der Waals surface area contributed by atoms with Crippen LogP contribution in [-0.4, -0.2) is 30.4 Å². The number of rotatable bonds is 11. The van der Waals surface area contributed by atoms with Crippen molar-refractivity contribution in [3.8, 4) is 22.6 Å². The van der Waals surface area contributed by atoms with Crippen molar-refractivity contribution in [3.05, 3.63) is 156 Å². The Bertz CT molecular complexity index is 2020. The van der Waals surface area contributed by atoms with Crippen LogP contribution >= 0.6 is 11.8 Å². The van der Waals surface area contributed by atoms with Crippen LogP contribution in [0.25, 0.3) is 22.6 Å². The maximum absolute atomic E-state index is 12.9. The van der Waals surface area contributed by atoms with E-state index in [2.05, 4.69) is 4.72 Å². The van der Waals surface area contributed by atoms with E-state index in [0.29, 0.717) is 28.8 Å². The van der Waals surface area contributed by atoms with Crippen molar-refractivity contribution in [1.82, 2.24) is 4.98 Å². The number of anilines is 1. The van der Waals surface area contributed by atoms with Crippen molar-refractivity contribution in [1.29, 1.82) is 0 Å². The molecule has 1 aromatic heterocycles. The fourth-order valence-electron chi connectivity index (χ4n) is 5.65. The van der Waals surface area contributed by atoms with Gasteiger partial charge >= 0.3 is 0 Å². The Morgan fingerprint density at radius 3 is 2.00 bits per heavy atom. The number of aromatic nitrogens is 1. The number of nitrogens with one attached hydrogen (secondary N) is 1. The van der Waals surface area contributed by atoms with Crippen molar-refractivity contribution in [2.75, 3.05) is 10.5 Å². The second kappa shape index (κ2) is 14.8. The summed E-state index contributed by atoms with van der Waals surface area (Å²) in [4.78, 5) is 5.09. The standard InChI is InChI=1S/C39H34N2O6S2/c42-25-27-16-18-28(19-17-27)35-24-33(26-48-39-40-36(29-10-4-1-5-11-29)37(47-39)30-12-6-2-7-13-30)45-38(46-35)31-20-22-32(23-21-31)41-49(43,44)34-14-8-3-9-15-34/h1-23,33,35,38,41-42H,24-26H2. The van der Waals surface area contributed by atoms with Crippen LogP contribution in [0.1, 0.15) is 35.5 Å². The van der Waals surface area contributed by atoms with Gasteiger partial charge in [0.1, 0.15) is 5.69 Å². The molecule has 1 saturated heterocycles. The van der Waals surface area contributed by atoms with Crippen LogP contribution in [0, 0.1) is 0 Å². The molecule has 1 fully saturated rings. The SMILES string of the molecule is O=S(=O)(Nc1ccc(C2OC(CSc3nc(-c4ccccc4)c(-c4ccccc4)o3)CC(c3ccc(CO)cc3)O2)cc1)c1ccccc1. The topological polar surface area (TPSA) is 111 Å². The van der Waals surface area contributed by atoms with Gasteiger partial charge in [0.25, 0.3) is 15.2 Å². The average molecular weight is 691 g/mol. The molecule has 0 aliphatic carbocycles. The van der Waals surface area contributed by atoms with Gasteiger partial charge in [-0.25, -0.2) is 13.4 Å². The third kappa shape index (κ3) is 7.80. The van der Waals surface area contributed by atoms with Gasteiger partial charge in [0, 0.05) is 34.6 Å². The Morgan fingerprint density at radius 1 is 0.735 bits per heavy atom. The highest BCUT2D eigenvalue weighted by atomic mass is 32.2. The third-order valence-electron chi connectivity index (χ3n) is 8.19. The van der Waals surface area contributed by atoms with Gasteiger partial charge in [0.2, 0.25) is 0 Å². The summed E-state index contributed by atoms with van der Waals surface area (Å²) in [5, 5.41) is 10.1. The predicted molar refractivity (Wildman–Crippen MR) is 190 cm³/mol. The van der Waals surface area contributed by atoms with Gasteiger partial charge in [0.15, 0.2) is 12.1 Å². The molecule has 2 N–H and O–H groups in total. The molecule has 8 nitrogen and oxygen atoms in total. The van der Waals surface area contributed by atoms with Crippen LogP contribution < -0.4 is 4.72 Å². The first-order chi connectivity index (χ1) is 23.9. The van der Waals surface area contributed by atoms with Crippen LogP contribution in [-0.2, 0) is 26.1 Å². The highest BCUT2D eigenvalue weighted by Gasteiger charge is 2.33. The Labute approximate surface area is 289 Å². The number of hydrogen-bond acceptors (Lipinski definition) is 8. The van der Waals surface area contributed by atoms with Gasteiger partial charge in [-0.1, -0.05) is 127 Å². The fourth-order valence-corrected chi connectivity index (χ4v) is 7.57. The summed E-state index contributed by atoms with van der Waals surface area (Å²) in [6.45, 7) is -0.0384. The number of thioether (sulfide) groups is 1. The quantitative estimate of drug-likeness (QED) is 0.130. The number of aliphatic hydroxyl groups excluding tert-OH is 1. The van der Waals surface area contributed by atoms with Crippen LogP contribution in [0.15, 0.2) is 154 Å². The van der Waals surface area contributed by atoms with Gasteiger partial charge in [-0.05, 0) is 35.4 Å². The molecule has 49 heavy (non-hydrogen) atoms. The van der Waals surface area contributed by atoms with Gasteiger partial charge in [-0.15, -0.1) is 0 Å². The van der Waals surface area contributed by atoms with Crippen molar-refractivity contribution in [2.24, 2.45) is 0 Å². The van der Waals surface area contributed by atoms with Crippen molar-refractivity contribution in [2.45, 2.75) is 41.6 Å². The lowest BCUT2D eigenvalue weighted by Crippen LogP contribution is -2.31. The van der Waals surface area contributed by atoms with E-state index in [1.54, 1.807) is 54.6 Å². The molecule has 0 bridgehead atoms. The lowest BCUT2D eigenvalue weighted by atomic mass is 10.0. The first-order valence-corrected chi connectivity index (χ1v) is 18.3. The Kier molecular flexibility index (Phi) is 9.92. The van der Waals surface area contributed by atoms with E-state index in [1.807, 2.05) is 84.9 Å². The van der Waals surface area contributed by atoms with Crippen molar-refractivity contribution >= 4 is 27.5 Å². The number of aliphatic hydroxyl groups is 1. The molecule has 1 aliphatic heterocycles. The molecule has 2 heterocycles. The highest BCUT2D eigenvalue weighted by Crippen LogP contribution is 2.41. The second-order valence-electron chi connectivity index (χ2n) is 11.6. The highest BCUT2D eigenvalue weighted by molar-refractivity contribution is 7.99. The first-order valence-electron chi connectivity index (χ1n) is 15.9. The minimum absolute atomic E-state index is 0.0384. The smallest absolute Gasteiger partial charge is 0.261 e. The molecule has 0 amide bonds. The summed E-state index contributed by atoms with van der Waals surface area (Å²) in [5.41, 5.74) is 5.68. The molecule has 1 aliphatic rings. The zero-order valence-electron chi connectivity index (χ0n) is 26.4. The molecule has 0 spiro atoms. The molecule has 0 saturated carbocycles. The van der Waals surface area contributed by atoms with E-state index < -0.39 is 16.3 Å². The van der Waals surface area contributed by atoms with Crippen molar-refractivity contribution in [3.63, 3.8) is 0 Å². The summed E-state index contributed by atoms with van der Waals surface area (Å²) >= 11 is 1.49. The third-order valence-corrected chi connectivity index (χ3v) is 10.5. The monoisotopic (exact) mass is 690 g/mol. The van der Waals surface area contributed by atoms with Gasteiger partial charge in [-0.3, -0.25) is 4.72 Å². The lowest BCUT2D eigenvalue weighted by molar-refractivity contribution is -0.245. The molecule has 10 heteroatoms. The number of benzene rings is 5. The molecular weight excluding hydrogens is 657 g/mol. The van der Waals surface area contributed by atoms with Crippen LogP contribution in [0.5, 0.6) is 0 Å². The molecule has 5 aromatic carbocycles. The van der Waals surface area contributed by atoms with E-state index in [9.17, 15) is 13.5 Å². The summed E-state index contributed by atoms with van der Waals surface area (Å²) in [7, 11) is -3.73. The molecule has 6 aromatic rings. The summed E-state index contributed by atoms with van der Waals surface area (Å²) in [6.07, 6.45) is -0.618. The Morgan fingerprint density at radius 2 is 1.35 bits per heavy atom. The van der Waals surface area contributed by atoms with Gasteiger partial charge < -0.3 is 19.0 Å². The van der Waals surface area contributed by atoms with Crippen LogP contribution in [0.2, 0.25) is 0 Å².